The second kappa shape index (κ2) is 8.96. The molecule has 1 nitrogen and oxygen atoms in total. The van der Waals surface area contributed by atoms with E-state index >= 15 is 0 Å². The Morgan fingerprint density at radius 2 is 1.73 bits per heavy atom. The smallest absolute Gasteiger partial charge is 0.00773 e. The topological polar surface area (TPSA) is 26.0 Å². The molecule has 0 amide bonds. The predicted octanol–water partition coefficient (Wildman–Crippen LogP) is 4.13. The van der Waals surface area contributed by atoms with Crippen molar-refractivity contribution < 1.29 is 0 Å². The Bertz CT molecular complexity index is 163. The standard InChI is InChI=1S/C14H29N/c1-12(2)14(4)11-13(3)9-7-5-6-8-10-15/h13-14H,1,5-11,15H2,2-4H3. The highest BCUT2D eigenvalue weighted by Gasteiger charge is 2.08. The lowest BCUT2D eigenvalue weighted by atomic mass is 9.89. The van der Waals surface area contributed by atoms with Gasteiger partial charge in [0.1, 0.15) is 0 Å². The van der Waals surface area contributed by atoms with Crippen molar-refractivity contribution in [1.29, 1.82) is 0 Å². The Kier molecular flexibility index (Phi) is 8.79. The van der Waals surface area contributed by atoms with E-state index in [0.717, 1.165) is 12.5 Å². The van der Waals surface area contributed by atoms with Gasteiger partial charge in [0.25, 0.3) is 0 Å². The molecule has 0 spiro atoms. The lowest BCUT2D eigenvalue weighted by molar-refractivity contribution is 0.409. The van der Waals surface area contributed by atoms with Gasteiger partial charge >= 0.3 is 0 Å². The van der Waals surface area contributed by atoms with Gasteiger partial charge in [0, 0.05) is 0 Å². The average Bonchev–Trinajstić information content (AvgIpc) is 2.17. The third-order valence-electron chi connectivity index (χ3n) is 3.25. The van der Waals surface area contributed by atoms with Crippen molar-refractivity contribution in [3.8, 4) is 0 Å². The van der Waals surface area contributed by atoms with Crippen molar-refractivity contribution in [3.63, 3.8) is 0 Å². The number of hydrogen-bond acceptors (Lipinski definition) is 1. The third-order valence-corrected chi connectivity index (χ3v) is 3.25. The Hall–Kier alpha value is -0.300. The van der Waals surface area contributed by atoms with Gasteiger partial charge in [-0.05, 0) is 38.1 Å². The van der Waals surface area contributed by atoms with Crippen molar-refractivity contribution in [2.75, 3.05) is 6.54 Å². The van der Waals surface area contributed by atoms with Crippen LogP contribution in [0.15, 0.2) is 12.2 Å². The summed E-state index contributed by atoms with van der Waals surface area (Å²) in [6, 6.07) is 0. The van der Waals surface area contributed by atoms with Gasteiger partial charge in [0.05, 0.1) is 0 Å². The van der Waals surface area contributed by atoms with Gasteiger partial charge < -0.3 is 5.73 Å². The first-order valence-electron chi connectivity index (χ1n) is 6.43. The highest BCUT2D eigenvalue weighted by atomic mass is 14.5. The summed E-state index contributed by atoms with van der Waals surface area (Å²) in [6.45, 7) is 11.7. The van der Waals surface area contributed by atoms with E-state index in [0.29, 0.717) is 5.92 Å². The van der Waals surface area contributed by atoms with Crippen LogP contribution in [0.2, 0.25) is 0 Å². The van der Waals surface area contributed by atoms with Gasteiger partial charge in [-0.1, -0.05) is 51.7 Å². The molecule has 15 heavy (non-hydrogen) atoms. The van der Waals surface area contributed by atoms with E-state index in [-0.39, 0.29) is 0 Å². The lowest BCUT2D eigenvalue weighted by Crippen LogP contribution is -2.04. The summed E-state index contributed by atoms with van der Waals surface area (Å²) >= 11 is 0. The Morgan fingerprint density at radius 1 is 1.13 bits per heavy atom. The summed E-state index contributed by atoms with van der Waals surface area (Å²) in [5.41, 5.74) is 6.78. The van der Waals surface area contributed by atoms with Gasteiger partial charge in [0.15, 0.2) is 0 Å². The molecule has 0 aliphatic rings. The van der Waals surface area contributed by atoms with Crippen LogP contribution >= 0.6 is 0 Å². The van der Waals surface area contributed by atoms with E-state index in [1.165, 1.54) is 44.1 Å². The molecule has 0 rings (SSSR count). The largest absolute Gasteiger partial charge is 0.330 e. The van der Waals surface area contributed by atoms with Crippen molar-refractivity contribution >= 4 is 0 Å². The van der Waals surface area contributed by atoms with Crippen LogP contribution in [0.3, 0.4) is 0 Å². The maximum atomic E-state index is 5.46. The van der Waals surface area contributed by atoms with Crippen LogP contribution in [0.1, 0.15) is 59.3 Å². The van der Waals surface area contributed by atoms with E-state index in [2.05, 4.69) is 27.4 Å². The first-order valence-corrected chi connectivity index (χ1v) is 6.43. The van der Waals surface area contributed by atoms with E-state index in [4.69, 9.17) is 5.73 Å². The summed E-state index contributed by atoms with van der Waals surface area (Å²) in [5, 5.41) is 0. The minimum absolute atomic E-state index is 0.684. The van der Waals surface area contributed by atoms with Gasteiger partial charge in [-0.2, -0.15) is 0 Å². The maximum Gasteiger partial charge on any atom is -0.00773 e. The van der Waals surface area contributed by atoms with Crippen molar-refractivity contribution in [2.45, 2.75) is 59.3 Å². The fourth-order valence-corrected chi connectivity index (χ4v) is 1.91. The van der Waals surface area contributed by atoms with Crippen LogP contribution in [0.5, 0.6) is 0 Å². The molecule has 1 heteroatoms. The molecule has 90 valence electrons. The van der Waals surface area contributed by atoms with Crippen molar-refractivity contribution in [1.82, 2.24) is 0 Å². The molecule has 0 saturated heterocycles. The average molecular weight is 211 g/mol. The van der Waals surface area contributed by atoms with E-state index < -0.39 is 0 Å². The number of unbranched alkanes of at least 4 members (excludes halogenated alkanes) is 3. The molecule has 0 radical (unpaired) electrons. The summed E-state index contributed by atoms with van der Waals surface area (Å²) in [6.07, 6.45) is 7.87. The molecule has 0 aliphatic carbocycles. The highest BCUT2D eigenvalue weighted by Crippen LogP contribution is 2.22. The van der Waals surface area contributed by atoms with Gasteiger partial charge in [-0.15, -0.1) is 0 Å². The summed E-state index contributed by atoms with van der Waals surface area (Å²) in [5.74, 6) is 1.53. The molecule has 0 bridgehead atoms. The molecule has 0 aromatic heterocycles. The summed E-state index contributed by atoms with van der Waals surface area (Å²) < 4.78 is 0. The first kappa shape index (κ1) is 14.7. The normalized spacial score (nSPS) is 14.9. The van der Waals surface area contributed by atoms with Gasteiger partial charge in [-0.25, -0.2) is 0 Å². The second-order valence-corrected chi connectivity index (χ2v) is 5.08. The Labute approximate surface area is 96.1 Å². The Balaban J connectivity index is 3.40. The van der Waals surface area contributed by atoms with E-state index in [1.807, 2.05) is 0 Å². The number of nitrogens with two attached hydrogens (primary N) is 1. The van der Waals surface area contributed by atoms with E-state index in [1.54, 1.807) is 0 Å². The number of rotatable bonds is 9. The molecular weight excluding hydrogens is 182 g/mol. The van der Waals surface area contributed by atoms with Gasteiger partial charge in [0.2, 0.25) is 0 Å². The highest BCUT2D eigenvalue weighted by molar-refractivity contribution is 4.94. The summed E-state index contributed by atoms with van der Waals surface area (Å²) in [4.78, 5) is 0. The molecular formula is C14H29N. The molecule has 0 aromatic carbocycles. The maximum absolute atomic E-state index is 5.46. The fourth-order valence-electron chi connectivity index (χ4n) is 1.91. The molecule has 0 fully saturated rings. The number of allylic oxidation sites excluding steroid dienone is 1. The fraction of sp³-hybridized carbons (Fsp3) is 0.857. The second-order valence-electron chi connectivity index (χ2n) is 5.08. The Morgan fingerprint density at radius 3 is 2.27 bits per heavy atom. The number of hydrogen-bond donors (Lipinski definition) is 1. The zero-order chi connectivity index (χ0) is 11.7. The molecule has 0 heterocycles. The zero-order valence-corrected chi connectivity index (χ0v) is 10.9. The molecule has 2 unspecified atom stereocenters. The SMILES string of the molecule is C=C(C)C(C)CC(C)CCCCCCN. The van der Waals surface area contributed by atoms with Crippen LogP contribution in [0.25, 0.3) is 0 Å². The lowest BCUT2D eigenvalue weighted by Gasteiger charge is -2.17. The van der Waals surface area contributed by atoms with Crippen LogP contribution < -0.4 is 5.73 Å². The van der Waals surface area contributed by atoms with Crippen molar-refractivity contribution in [3.05, 3.63) is 12.2 Å². The van der Waals surface area contributed by atoms with Crippen LogP contribution in [0, 0.1) is 11.8 Å². The third kappa shape index (κ3) is 8.68. The van der Waals surface area contributed by atoms with Crippen LogP contribution in [-0.2, 0) is 0 Å². The predicted molar refractivity (Wildman–Crippen MR) is 69.9 cm³/mol. The van der Waals surface area contributed by atoms with Gasteiger partial charge in [-0.3, -0.25) is 0 Å². The van der Waals surface area contributed by atoms with Crippen LogP contribution in [-0.4, -0.2) is 6.54 Å². The monoisotopic (exact) mass is 211 g/mol. The quantitative estimate of drug-likeness (QED) is 0.450. The van der Waals surface area contributed by atoms with E-state index in [9.17, 15) is 0 Å². The molecule has 0 aliphatic heterocycles. The van der Waals surface area contributed by atoms with Crippen LogP contribution in [0.4, 0.5) is 0 Å². The zero-order valence-electron chi connectivity index (χ0n) is 10.9. The first-order chi connectivity index (χ1) is 7.07. The molecule has 0 saturated carbocycles. The molecule has 0 aromatic rings. The minimum atomic E-state index is 0.684. The van der Waals surface area contributed by atoms with Crippen molar-refractivity contribution in [2.24, 2.45) is 17.6 Å². The summed E-state index contributed by atoms with van der Waals surface area (Å²) in [7, 11) is 0. The minimum Gasteiger partial charge on any atom is -0.330 e. The molecule has 2 atom stereocenters. The molecule has 2 N–H and O–H groups in total.